The third-order valence-corrected chi connectivity index (χ3v) is 40.1. The Bertz CT molecular complexity index is 2000. The van der Waals surface area contributed by atoms with Crippen molar-refractivity contribution in [2.45, 2.75) is 218 Å². The molecule has 0 heterocycles. The minimum absolute atomic E-state index is 1.61. The molecule has 0 fully saturated rings. The molecule has 0 nitrogen and oxygen atoms in total. The Morgan fingerprint density at radius 1 is 0.177 bits per heavy atom. The number of benzene rings is 3. The van der Waals surface area contributed by atoms with Crippen LogP contribution in [0.2, 0.25) is 177 Å². The Morgan fingerprint density at radius 3 is 0.355 bits per heavy atom. The average Bonchev–Trinajstić information content (AvgIpc) is 2.96. The van der Waals surface area contributed by atoms with Gasteiger partial charge in [0.1, 0.15) is 0 Å². The number of hydrogen-bond donors (Lipinski definition) is 0. The zero-order chi connectivity index (χ0) is 49.4. The second-order valence-corrected chi connectivity index (χ2v) is 78.7. The number of halogens is 1. The largest absolute Gasteiger partial charge is 0.248 e. The van der Waals surface area contributed by atoms with Crippen LogP contribution in [-0.2, 0) is 0 Å². The Morgan fingerprint density at radius 2 is 0.258 bits per heavy atom. The van der Waals surface area contributed by atoms with Crippen molar-refractivity contribution in [3.63, 3.8) is 0 Å². The monoisotopic (exact) mass is 1030 g/mol. The zero-order valence-corrected chi connectivity index (χ0v) is 58.1. The predicted octanol–water partition coefficient (Wildman–Crippen LogP) is 9.65. The van der Waals surface area contributed by atoms with E-state index >= 15 is 0 Å². The van der Waals surface area contributed by atoms with Gasteiger partial charge in [0.2, 0.25) is 7.38 Å². The van der Waals surface area contributed by atoms with Crippen molar-refractivity contribution >= 4 is 153 Å². The van der Waals surface area contributed by atoms with Crippen LogP contribution < -0.4 is 62.2 Å². The van der Waals surface area contributed by atoms with Gasteiger partial charge < -0.3 is 0 Å². The van der Waals surface area contributed by atoms with Gasteiger partial charge in [-0.1, -0.05) is 257 Å². The van der Waals surface area contributed by atoms with Gasteiger partial charge in [-0.05, 0) is 57.1 Å². The zero-order valence-electron chi connectivity index (χ0n) is 47.4. The summed E-state index contributed by atoms with van der Waals surface area (Å²) in [6.45, 7) is 87.3. The van der Waals surface area contributed by atoms with Crippen LogP contribution in [0, 0.1) is 41.5 Å². The molecule has 350 valence electrons. The summed E-state index contributed by atoms with van der Waals surface area (Å²) in [7, 11) is -20.7. The van der Waals surface area contributed by atoms with Gasteiger partial charge in [-0.3, -0.25) is 0 Å². The molecule has 0 saturated heterocycles. The van der Waals surface area contributed by atoms with Crippen LogP contribution in [0.5, 0.6) is 0 Å². The number of rotatable bonds is 12. The summed E-state index contributed by atoms with van der Waals surface area (Å²) in [6, 6.07) is 0. The third kappa shape index (κ3) is 10.1. The fraction of sp³-hybridized carbons (Fsp3) is 0.647. The molecule has 0 N–H and O–H groups in total. The molecule has 0 spiro atoms. The summed E-state index contributed by atoms with van der Waals surface area (Å²) >= 11 is 10.0. The molecule has 0 aliphatic rings. The second kappa shape index (κ2) is 17.0. The van der Waals surface area contributed by atoms with Crippen LogP contribution in [0.15, 0.2) is 0 Å². The van der Waals surface area contributed by atoms with Crippen molar-refractivity contribution < 1.29 is 0 Å². The first-order chi connectivity index (χ1) is 26.9. The molecule has 11 heteroatoms. The van der Waals surface area contributed by atoms with Crippen molar-refractivity contribution in [1.29, 1.82) is 0 Å². The summed E-state index contributed by atoms with van der Waals surface area (Å²) in [5.74, 6) is 0. The van der Waals surface area contributed by atoms with Crippen molar-refractivity contribution in [2.24, 2.45) is 0 Å². The fourth-order valence-electron chi connectivity index (χ4n) is 13.1. The predicted molar refractivity (Wildman–Crippen MR) is 325 cm³/mol. The van der Waals surface area contributed by atoms with E-state index in [2.05, 4.69) is 218 Å². The molecule has 0 aliphatic carbocycles. The smallest absolute Gasteiger partial charge is 0.149 e. The molecule has 0 atom stereocenters. The maximum absolute atomic E-state index is 10.0. The van der Waals surface area contributed by atoms with E-state index in [1.807, 2.05) is 0 Å². The molecule has 0 aliphatic heterocycles. The van der Waals surface area contributed by atoms with Gasteiger partial charge in [0, 0.05) is 0 Å². The molecule has 0 radical (unpaired) electrons. The highest BCUT2D eigenvalue weighted by atomic mass is 35.6. The topological polar surface area (TPSA) is 0 Å². The first-order valence-electron chi connectivity index (χ1n) is 24.2. The van der Waals surface area contributed by atoms with Crippen molar-refractivity contribution in [1.82, 2.24) is 0 Å². The molecule has 0 bridgehead atoms. The molecule has 62 heavy (non-hydrogen) atoms. The average molecular weight is 1030 g/mol. The van der Waals surface area contributed by atoms with Gasteiger partial charge in [0.15, 0.2) is 0 Å². The first kappa shape index (κ1) is 56.4. The van der Waals surface area contributed by atoms with E-state index in [4.69, 9.17) is 0 Å². The molecule has 0 saturated carbocycles. The third-order valence-electron chi connectivity index (χ3n) is 13.8. The van der Waals surface area contributed by atoms with Crippen molar-refractivity contribution in [2.75, 3.05) is 0 Å². The quantitative estimate of drug-likeness (QED) is 0.0965. The highest BCUT2D eigenvalue weighted by molar-refractivity contribution is 7.44. The van der Waals surface area contributed by atoms with Crippen LogP contribution >= 0.6 is 11.1 Å². The van der Waals surface area contributed by atoms with Crippen LogP contribution in [0.4, 0.5) is 0 Å². The SMILES string of the molecule is Cc1c([Si](C)(C)C)c([Si](C)(C)C)c(C)c([Si](Cl)(c2c(C)c([Si](C)(C)C)c([Si](C)(C)C)c(C)c2[Si](C)(C)C)c2c(C)c([Si](C)(C)C)c([Si](C)(C)C)c(C)c2[Si](C)(C)C)c1[Si](C)(C)C. The highest BCUT2D eigenvalue weighted by Gasteiger charge is 2.54. The Hall–Kier alpha value is 0.119. The molecule has 3 rings (SSSR count). The van der Waals surface area contributed by atoms with Crippen molar-refractivity contribution in [3.05, 3.63) is 33.4 Å². The Labute approximate surface area is 401 Å². The van der Waals surface area contributed by atoms with E-state index in [1.165, 1.54) is 0 Å². The van der Waals surface area contributed by atoms with Crippen LogP contribution in [0.3, 0.4) is 0 Å². The minimum atomic E-state index is -3.46. The van der Waals surface area contributed by atoms with E-state index in [0.29, 0.717) is 0 Å². The van der Waals surface area contributed by atoms with E-state index < -0.39 is 80.0 Å². The maximum Gasteiger partial charge on any atom is 0.248 e. The maximum atomic E-state index is 10.0. The van der Waals surface area contributed by atoms with Gasteiger partial charge >= 0.3 is 0 Å². The summed E-state index contributed by atoms with van der Waals surface area (Å²) < 4.78 is 0. The molecular weight excluding hydrogens is 929 g/mol. The lowest BCUT2D eigenvalue weighted by atomic mass is 10.1. The second-order valence-electron chi connectivity index (χ2n) is 29.2. The summed E-state index contributed by atoms with van der Waals surface area (Å²) in [4.78, 5) is 0. The molecule has 0 unspecified atom stereocenters. The lowest BCUT2D eigenvalue weighted by Crippen LogP contribution is -2.83. The molecular formula is C51H99ClSi10. The molecule has 0 amide bonds. The van der Waals surface area contributed by atoms with E-state index in [1.54, 1.807) is 95.6 Å². The highest BCUT2D eigenvalue weighted by Crippen LogP contribution is 2.27. The van der Waals surface area contributed by atoms with Gasteiger partial charge in [-0.15, -0.1) is 11.1 Å². The van der Waals surface area contributed by atoms with Crippen LogP contribution in [-0.4, -0.2) is 80.0 Å². The fourth-order valence-corrected chi connectivity index (χ4v) is 52.5. The van der Waals surface area contributed by atoms with Gasteiger partial charge in [0.25, 0.3) is 0 Å². The minimum Gasteiger partial charge on any atom is -0.149 e. The first-order valence-corrected chi connectivity index (χ1v) is 58.7. The van der Waals surface area contributed by atoms with Crippen molar-refractivity contribution in [3.8, 4) is 0 Å². The normalized spacial score (nSPS) is 14.6. The Balaban J connectivity index is 3.43. The van der Waals surface area contributed by atoms with E-state index in [9.17, 15) is 11.1 Å². The number of hydrogen-bond acceptors (Lipinski definition) is 0. The molecule has 0 aromatic heterocycles. The standard InChI is InChI=1S/C51H99ClSi10/c1-34-40(53(7,8)9)43(56(16,17)18)37(4)49(46(34)59(25,26)27)62(52,50-38(5)44(57(19,20)21)41(54(10,11)12)35(2)47(50)60(28,29)30)51-39(6)45(58(22,23)24)42(55(13,14)15)36(3)48(51)61(31,32)33/h1-33H3. The van der Waals surface area contributed by atoms with E-state index in [0.717, 1.165) is 0 Å². The van der Waals surface area contributed by atoms with E-state index in [-0.39, 0.29) is 0 Å². The van der Waals surface area contributed by atoms with Gasteiger partial charge in [-0.2, -0.15) is 0 Å². The summed E-state index contributed by atoms with van der Waals surface area (Å²) in [5.41, 5.74) is 9.74. The van der Waals surface area contributed by atoms with Gasteiger partial charge in [0.05, 0.1) is 72.7 Å². The summed E-state index contributed by atoms with van der Waals surface area (Å²) in [6.07, 6.45) is 0. The summed E-state index contributed by atoms with van der Waals surface area (Å²) in [5, 5.41) is 20.7. The molecule has 3 aromatic rings. The van der Waals surface area contributed by atoms with Gasteiger partial charge in [-0.25, -0.2) is 0 Å². The van der Waals surface area contributed by atoms with Crippen LogP contribution in [0.25, 0.3) is 0 Å². The molecule has 3 aromatic carbocycles. The lowest BCUT2D eigenvalue weighted by Gasteiger charge is -2.48. The van der Waals surface area contributed by atoms with Crippen LogP contribution in [0.1, 0.15) is 33.4 Å². The Kier molecular flexibility index (Phi) is 15.4. The lowest BCUT2D eigenvalue weighted by molar-refractivity contribution is 1.44.